The lowest BCUT2D eigenvalue weighted by Gasteiger charge is -2.28. The van der Waals surface area contributed by atoms with Gasteiger partial charge >= 0.3 is 0 Å². The summed E-state index contributed by atoms with van der Waals surface area (Å²) in [5.41, 5.74) is 1.20. The standard InChI is InChI=1S/C23H18Cl4N2O5S/c24-15-2-1-14(16(25)10-15)12-34-21-17(26)7-13(8-18(21)27)9-19-22(31)29(23(32)35-19)11-20(30)28-3-5-33-6-4-28/h1-2,7-10H,3-6,11-12H2/b19-9-. The summed E-state index contributed by atoms with van der Waals surface area (Å²) in [5.74, 6) is -0.600. The van der Waals surface area contributed by atoms with Crippen LogP contribution in [0.1, 0.15) is 11.1 Å². The summed E-state index contributed by atoms with van der Waals surface area (Å²) in [6.07, 6.45) is 1.50. The molecule has 2 heterocycles. The van der Waals surface area contributed by atoms with Crippen molar-refractivity contribution in [3.8, 4) is 5.75 Å². The molecule has 12 heteroatoms. The Morgan fingerprint density at radius 2 is 1.71 bits per heavy atom. The van der Waals surface area contributed by atoms with Crippen molar-refractivity contribution in [3.05, 3.63) is 66.5 Å². The fraction of sp³-hybridized carbons (Fsp3) is 0.261. The number of amides is 3. The molecule has 3 amide bonds. The molecule has 0 unspecified atom stereocenters. The van der Waals surface area contributed by atoms with E-state index >= 15 is 0 Å². The molecule has 0 aliphatic carbocycles. The average molecular weight is 576 g/mol. The zero-order valence-corrected chi connectivity index (χ0v) is 21.9. The molecule has 2 aromatic carbocycles. The van der Waals surface area contributed by atoms with Crippen molar-refractivity contribution >= 4 is 81.3 Å². The van der Waals surface area contributed by atoms with E-state index in [1.165, 1.54) is 6.08 Å². The SMILES string of the molecule is O=C(CN1C(=O)S/C(=C\c2cc(Cl)c(OCc3ccc(Cl)cc3Cl)c(Cl)c2)C1=O)N1CCOCC1. The third kappa shape index (κ3) is 6.25. The Morgan fingerprint density at radius 1 is 1.03 bits per heavy atom. The summed E-state index contributed by atoms with van der Waals surface area (Å²) in [4.78, 5) is 40.3. The number of morpholine rings is 1. The molecule has 0 aromatic heterocycles. The van der Waals surface area contributed by atoms with Gasteiger partial charge in [-0.15, -0.1) is 0 Å². The van der Waals surface area contributed by atoms with Crippen LogP contribution < -0.4 is 4.74 Å². The van der Waals surface area contributed by atoms with Crippen LogP contribution in [0.4, 0.5) is 4.79 Å². The minimum atomic E-state index is -0.549. The fourth-order valence-corrected chi connectivity index (χ4v) is 5.34. The number of carbonyl (C=O) groups excluding carboxylic acids is 3. The number of thioether (sulfide) groups is 1. The topological polar surface area (TPSA) is 76.2 Å². The molecule has 2 fully saturated rings. The van der Waals surface area contributed by atoms with E-state index in [1.807, 2.05) is 0 Å². The molecule has 0 radical (unpaired) electrons. The highest BCUT2D eigenvalue weighted by Gasteiger charge is 2.37. The summed E-state index contributed by atoms with van der Waals surface area (Å²) in [7, 11) is 0. The van der Waals surface area contributed by atoms with Gasteiger partial charge in [0.15, 0.2) is 5.75 Å². The molecule has 0 saturated carbocycles. The summed E-state index contributed by atoms with van der Waals surface area (Å²) in [5, 5.41) is 0.879. The van der Waals surface area contributed by atoms with Crippen LogP contribution in [-0.4, -0.2) is 59.7 Å². The normalized spacial score (nSPS) is 17.4. The Labute approximate surface area is 225 Å². The van der Waals surface area contributed by atoms with Gasteiger partial charge in [0.1, 0.15) is 13.2 Å². The Balaban J connectivity index is 1.45. The van der Waals surface area contributed by atoms with Crippen LogP contribution in [0.2, 0.25) is 20.1 Å². The first-order chi connectivity index (χ1) is 16.7. The molecule has 2 aliphatic heterocycles. The number of ether oxygens (including phenoxy) is 2. The maximum absolute atomic E-state index is 12.8. The lowest BCUT2D eigenvalue weighted by atomic mass is 10.2. The molecule has 4 rings (SSSR count). The second-order valence-electron chi connectivity index (χ2n) is 7.60. The maximum Gasteiger partial charge on any atom is 0.294 e. The molecule has 2 aromatic rings. The summed E-state index contributed by atoms with van der Waals surface area (Å²) in [6.45, 7) is 1.53. The van der Waals surface area contributed by atoms with Gasteiger partial charge in [0.05, 0.1) is 28.2 Å². The van der Waals surface area contributed by atoms with E-state index in [2.05, 4.69) is 0 Å². The number of benzene rings is 2. The Morgan fingerprint density at radius 3 is 2.37 bits per heavy atom. The van der Waals surface area contributed by atoms with Crippen LogP contribution in [0.3, 0.4) is 0 Å². The molecular weight excluding hydrogens is 558 g/mol. The van der Waals surface area contributed by atoms with Crippen LogP contribution >= 0.6 is 58.2 Å². The van der Waals surface area contributed by atoms with Crippen molar-refractivity contribution in [2.45, 2.75) is 6.61 Å². The van der Waals surface area contributed by atoms with Crippen LogP contribution in [0.5, 0.6) is 5.75 Å². The van der Waals surface area contributed by atoms with E-state index in [1.54, 1.807) is 35.2 Å². The minimum absolute atomic E-state index is 0.116. The van der Waals surface area contributed by atoms with Crippen molar-refractivity contribution in [2.24, 2.45) is 0 Å². The Bertz CT molecular complexity index is 1190. The highest BCUT2D eigenvalue weighted by Crippen LogP contribution is 2.38. The van der Waals surface area contributed by atoms with Gasteiger partial charge in [0.25, 0.3) is 11.1 Å². The number of nitrogens with zero attached hydrogens (tertiary/aromatic N) is 2. The molecule has 0 atom stereocenters. The molecule has 2 aliphatic rings. The third-order valence-electron chi connectivity index (χ3n) is 5.24. The highest BCUT2D eigenvalue weighted by molar-refractivity contribution is 8.18. The molecule has 7 nitrogen and oxygen atoms in total. The smallest absolute Gasteiger partial charge is 0.294 e. The molecule has 184 valence electrons. The van der Waals surface area contributed by atoms with Crippen molar-refractivity contribution in [1.82, 2.24) is 9.80 Å². The average Bonchev–Trinajstić information content (AvgIpc) is 3.07. The molecule has 0 spiro atoms. The van der Waals surface area contributed by atoms with Gasteiger partial charge < -0.3 is 14.4 Å². The summed E-state index contributed by atoms with van der Waals surface area (Å²) >= 11 is 25.6. The lowest BCUT2D eigenvalue weighted by molar-refractivity contribution is -0.139. The van der Waals surface area contributed by atoms with Gasteiger partial charge in [-0.25, -0.2) is 0 Å². The van der Waals surface area contributed by atoms with Crippen molar-refractivity contribution in [3.63, 3.8) is 0 Å². The minimum Gasteiger partial charge on any atom is -0.486 e. The molecule has 0 N–H and O–H groups in total. The highest BCUT2D eigenvalue weighted by atomic mass is 35.5. The first kappa shape index (κ1) is 26.1. The number of carbonyl (C=O) groups is 3. The van der Waals surface area contributed by atoms with Gasteiger partial charge in [-0.05, 0) is 47.7 Å². The second-order valence-corrected chi connectivity index (χ2v) is 10.3. The van der Waals surface area contributed by atoms with E-state index in [4.69, 9.17) is 55.9 Å². The number of hydrogen-bond acceptors (Lipinski definition) is 6. The zero-order chi connectivity index (χ0) is 25.1. The largest absolute Gasteiger partial charge is 0.486 e. The zero-order valence-electron chi connectivity index (χ0n) is 18.1. The monoisotopic (exact) mass is 574 g/mol. The quantitative estimate of drug-likeness (QED) is 0.407. The first-order valence-electron chi connectivity index (χ1n) is 10.4. The van der Waals surface area contributed by atoms with Gasteiger partial charge in [0, 0.05) is 28.7 Å². The summed E-state index contributed by atoms with van der Waals surface area (Å²) < 4.78 is 11.0. The van der Waals surface area contributed by atoms with Crippen molar-refractivity contribution in [1.29, 1.82) is 0 Å². The van der Waals surface area contributed by atoms with Gasteiger partial charge in [-0.3, -0.25) is 19.3 Å². The predicted molar refractivity (Wildman–Crippen MR) is 137 cm³/mol. The predicted octanol–water partition coefficient (Wildman–Crippen LogP) is 5.77. The van der Waals surface area contributed by atoms with Gasteiger partial charge in [-0.2, -0.15) is 0 Å². The Kier molecular flexibility index (Phi) is 8.52. The first-order valence-corrected chi connectivity index (χ1v) is 12.7. The van der Waals surface area contributed by atoms with E-state index in [0.717, 1.165) is 16.7 Å². The van der Waals surface area contributed by atoms with Crippen LogP contribution in [-0.2, 0) is 20.9 Å². The third-order valence-corrected chi connectivity index (χ3v) is 7.29. The van der Waals surface area contributed by atoms with E-state index in [9.17, 15) is 14.4 Å². The Hall–Kier alpha value is -1.94. The molecule has 35 heavy (non-hydrogen) atoms. The maximum atomic E-state index is 12.8. The number of imide groups is 1. The van der Waals surface area contributed by atoms with Crippen LogP contribution in [0.15, 0.2) is 35.2 Å². The molecule has 0 bridgehead atoms. The van der Waals surface area contributed by atoms with E-state index < -0.39 is 11.1 Å². The number of rotatable bonds is 6. The van der Waals surface area contributed by atoms with E-state index in [-0.39, 0.29) is 39.8 Å². The van der Waals surface area contributed by atoms with Crippen molar-refractivity contribution in [2.75, 3.05) is 32.8 Å². The number of hydrogen-bond donors (Lipinski definition) is 0. The van der Waals surface area contributed by atoms with Crippen LogP contribution in [0.25, 0.3) is 6.08 Å². The fourth-order valence-electron chi connectivity index (χ4n) is 3.43. The van der Waals surface area contributed by atoms with Crippen LogP contribution in [0, 0.1) is 0 Å². The second kappa shape index (κ2) is 11.4. The lowest BCUT2D eigenvalue weighted by Crippen LogP contribution is -2.46. The molecule has 2 saturated heterocycles. The van der Waals surface area contributed by atoms with Crippen molar-refractivity contribution < 1.29 is 23.9 Å². The number of halogens is 4. The van der Waals surface area contributed by atoms with E-state index in [0.29, 0.717) is 47.5 Å². The van der Waals surface area contributed by atoms with Gasteiger partial charge in [-0.1, -0.05) is 52.5 Å². The summed E-state index contributed by atoms with van der Waals surface area (Å²) in [6, 6.07) is 8.18. The van der Waals surface area contributed by atoms with Gasteiger partial charge in [0.2, 0.25) is 5.91 Å². The molecular formula is C23H18Cl4N2O5S.